The first kappa shape index (κ1) is 16.6. The lowest BCUT2D eigenvalue weighted by molar-refractivity contribution is 0.673. The minimum absolute atomic E-state index is 0.401. The number of para-hydroxylation sites is 2. The van der Waals surface area contributed by atoms with Gasteiger partial charge in [0.2, 0.25) is 0 Å². The van der Waals surface area contributed by atoms with Crippen molar-refractivity contribution in [2.45, 2.75) is 12.5 Å². The van der Waals surface area contributed by atoms with Crippen molar-refractivity contribution in [2.75, 3.05) is 5.32 Å². The number of H-pyrrole nitrogens is 1. The number of nitrogens with one attached hydrogen (secondary N) is 2. The molecule has 0 aliphatic carbocycles. The monoisotopic (exact) mass is 362 g/mol. The number of benzene rings is 4. The van der Waals surface area contributed by atoms with E-state index in [1.807, 2.05) is 6.07 Å². The summed E-state index contributed by atoms with van der Waals surface area (Å²) in [5, 5.41) is 7.59. The van der Waals surface area contributed by atoms with Crippen LogP contribution in [-0.2, 0) is 5.54 Å². The fourth-order valence-electron chi connectivity index (χ4n) is 4.24. The molecule has 1 heterocycles. The smallest absolute Gasteiger partial charge is 0.0877 e. The molecule has 4 aromatic carbocycles. The molecular weight excluding hydrogens is 340 g/mol. The van der Waals surface area contributed by atoms with Crippen LogP contribution in [0.15, 0.2) is 103 Å². The van der Waals surface area contributed by atoms with E-state index in [2.05, 4.69) is 114 Å². The number of fused-ring (bicyclic) bond motifs is 2. The highest BCUT2D eigenvalue weighted by Gasteiger charge is 2.32. The normalized spacial score (nSPS) is 13.5. The van der Waals surface area contributed by atoms with E-state index in [-0.39, 0.29) is 0 Å². The van der Waals surface area contributed by atoms with E-state index in [4.69, 9.17) is 0 Å². The summed E-state index contributed by atoms with van der Waals surface area (Å²) in [6.45, 7) is 2.28. The Morgan fingerprint density at radius 2 is 1.32 bits per heavy atom. The minimum atomic E-state index is -0.401. The van der Waals surface area contributed by atoms with Gasteiger partial charge in [-0.15, -0.1) is 0 Å². The molecule has 5 aromatic rings. The molecule has 0 fully saturated rings. The quantitative estimate of drug-likeness (QED) is 0.366. The molecule has 0 saturated carbocycles. The van der Waals surface area contributed by atoms with Gasteiger partial charge in [0.25, 0.3) is 0 Å². The number of rotatable bonds is 4. The van der Waals surface area contributed by atoms with Crippen molar-refractivity contribution in [1.82, 2.24) is 4.98 Å². The van der Waals surface area contributed by atoms with Gasteiger partial charge in [0.05, 0.1) is 5.54 Å². The van der Waals surface area contributed by atoms with E-state index in [0.717, 1.165) is 11.2 Å². The van der Waals surface area contributed by atoms with E-state index in [1.165, 1.54) is 27.3 Å². The highest BCUT2D eigenvalue weighted by molar-refractivity contribution is 5.91. The zero-order valence-electron chi connectivity index (χ0n) is 15.8. The summed E-state index contributed by atoms with van der Waals surface area (Å²) in [5.74, 6) is 0. The number of anilines is 1. The number of hydrogen-bond donors (Lipinski definition) is 2. The number of aromatic nitrogens is 1. The van der Waals surface area contributed by atoms with Gasteiger partial charge in [-0.25, -0.2) is 0 Å². The lowest BCUT2D eigenvalue weighted by Crippen LogP contribution is -2.33. The third-order valence-electron chi connectivity index (χ3n) is 5.62. The van der Waals surface area contributed by atoms with Crippen LogP contribution in [0.2, 0.25) is 0 Å². The van der Waals surface area contributed by atoms with Gasteiger partial charge in [0, 0.05) is 28.4 Å². The van der Waals surface area contributed by atoms with E-state index in [9.17, 15) is 0 Å². The molecule has 0 aliphatic heterocycles. The molecule has 1 aromatic heterocycles. The van der Waals surface area contributed by atoms with E-state index >= 15 is 0 Å². The molecule has 0 saturated heterocycles. The second-order valence-corrected chi connectivity index (χ2v) is 7.39. The molecule has 0 radical (unpaired) electrons. The largest absolute Gasteiger partial charge is 0.372 e. The van der Waals surface area contributed by atoms with Crippen molar-refractivity contribution in [1.29, 1.82) is 0 Å². The maximum Gasteiger partial charge on any atom is 0.0877 e. The van der Waals surface area contributed by atoms with E-state index < -0.39 is 5.54 Å². The van der Waals surface area contributed by atoms with Crippen molar-refractivity contribution >= 4 is 27.4 Å². The molecule has 0 bridgehead atoms. The molecule has 136 valence electrons. The standard InChI is InChI=1S/C26H22N2/c1-26(28-20-12-3-2-4-13-20,24-18-27-25-17-8-7-15-22(24)25)23-16-9-11-19-10-5-6-14-21(19)23/h2-18,27-28H,1H3. The highest BCUT2D eigenvalue weighted by Crippen LogP contribution is 2.40. The summed E-state index contributed by atoms with van der Waals surface area (Å²) in [6.07, 6.45) is 2.14. The van der Waals surface area contributed by atoms with Crippen LogP contribution in [0.3, 0.4) is 0 Å². The zero-order chi connectivity index (χ0) is 19.0. The SMILES string of the molecule is CC(Nc1ccccc1)(c1cccc2ccccc12)c1c[nH]c2ccccc12. The van der Waals surface area contributed by atoms with Crippen molar-refractivity contribution < 1.29 is 0 Å². The summed E-state index contributed by atoms with van der Waals surface area (Å²) >= 11 is 0. The Morgan fingerprint density at radius 3 is 2.18 bits per heavy atom. The van der Waals surface area contributed by atoms with Gasteiger partial charge in [0.15, 0.2) is 0 Å². The van der Waals surface area contributed by atoms with Crippen LogP contribution in [0.1, 0.15) is 18.1 Å². The maximum absolute atomic E-state index is 3.84. The van der Waals surface area contributed by atoms with Crippen LogP contribution in [0.5, 0.6) is 0 Å². The van der Waals surface area contributed by atoms with Crippen LogP contribution < -0.4 is 5.32 Å². The van der Waals surface area contributed by atoms with Crippen molar-refractivity contribution in [3.05, 3.63) is 114 Å². The predicted octanol–water partition coefficient (Wildman–Crippen LogP) is 6.70. The lowest BCUT2D eigenvalue weighted by atomic mass is 9.81. The molecule has 0 amide bonds. The van der Waals surface area contributed by atoms with Crippen molar-refractivity contribution in [3.8, 4) is 0 Å². The molecule has 0 spiro atoms. The maximum atomic E-state index is 3.84. The Kier molecular flexibility index (Phi) is 3.91. The van der Waals surface area contributed by atoms with Crippen LogP contribution in [0.4, 0.5) is 5.69 Å². The Bertz CT molecular complexity index is 1250. The summed E-state index contributed by atoms with van der Waals surface area (Å²) < 4.78 is 0. The minimum Gasteiger partial charge on any atom is -0.372 e. The van der Waals surface area contributed by atoms with Gasteiger partial charge in [-0.1, -0.05) is 78.9 Å². The zero-order valence-corrected chi connectivity index (χ0v) is 15.8. The van der Waals surface area contributed by atoms with E-state index in [0.29, 0.717) is 0 Å². The Hall–Kier alpha value is -3.52. The first-order valence-corrected chi connectivity index (χ1v) is 9.64. The van der Waals surface area contributed by atoms with Gasteiger partial charge >= 0.3 is 0 Å². The molecular formula is C26H22N2. The first-order chi connectivity index (χ1) is 13.8. The third kappa shape index (κ3) is 2.66. The fraction of sp³-hybridized carbons (Fsp3) is 0.0769. The van der Waals surface area contributed by atoms with Gasteiger partial charge in [-0.05, 0) is 41.5 Å². The summed E-state index contributed by atoms with van der Waals surface area (Å²) in [5.41, 5.74) is 4.35. The Morgan fingerprint density at radius 1 is 0.643 bits per heavy atom. The average molecular weight is 362 g/mol. The van der Waals surface area contributed by atoms with Gasteiger partial charge in [0.1, 0.15) is 0 Å². The van der Waals surface area contributed by atoms with Crippen LogP contribution in [0, 0.1) is 0 Å². The molecule has 1 unspecified atom stereocenters. The lowest BCUT2D eigenvalue weighted by Gasteiger charge is -2.34. The molecule has 2 heteroatoms. The van der Waals surface area contributed by atoms with Gasteiger partial charge in [-0.2, -0.15) is 0 Å². The number of hydrogen-bond acceptors (Lipinski definition) is 1. The molecule has 28 heavy (non-hydrogen) atoms. The average Bonchev–Trinajstić information content (AvgIpc) is 3.19. The van der Waals surface area contributed by atoms with Crippen molar-refractivity contribution in [3.63, 3.8) is 0 Å². The van der Waals surface area contributed by atoms with E-state index in [1.54, 1.807) is 0 Å². The first-order valence-electron chi connectivity index (χ1n) is 9.64. The van der Waals surface area contributed by atoms with Crippen LogP contribution in [-0.4, -0.2) is 4.98 Å². The fourth-order valence-corrected chi connectivity index (χ4v) is 4.24. The third-order valence-corrected chi connectivity index (χ3v) is 5.62. The van der Waals surface area contributed by atoms with Crippen LogP contribution in [0.25, 0.3) is 21.7 Å². The molecule has 5 rings (SSSR count). The second kappa shape index (κ2) is 6.58. The number of aromatic amines is 1. The molecule has 1 atom stereocenters. The van der Waals surface area contributed by atoms with Gasteiger partial charge in [-0.3, -0.25) is 0 Å². The predicted molar refractivity (Wildman–Crippen MR) is 119 cm³/mol. The Balaban J connectivity index is 1.80. The highest BCUT2D eigenvalue weighted by atomic mass is 15.0. The summed E-state index contributed by atoms with van der Waals surface area (Å²) in [7, 11) is 0. The molecule has 2 N–H and O–H groups in total. The second-order valence-electron chi connectivity index (χ2n) is 7.39. The van der Waals surface area contributed by atoms with Gasteiger partial charge < -0.3 is 10.3 Å². The Labute approximate surface area is 164 Å². The molecule has 0 aliphatic rings. The summed E-state index contributed by atoms with van der Waals surface area (Å²) in [4.78, 5) is 3.46. The van der Waals surface area contributed by atoms with Crippen LogP contribution >= 0.6 is 0 Å². The summed E-state index contributed by atoms with van der Waals surface area (Å²) in [6, 6.07) is 34.1. The van der Waals surface area contributed by atoms with Crippen molar-refractivity contribution in [2.24, 2.45) is 0 Å². The topological polar surface area (TPSA) is 27.8 Å². The molecule has 2 nitrogen and oxygen atoms in total.